The monoisotopic (exact) mass is 259 g/mol. The van der Waals surface area contributed by atoms with Gasteiger partial charge in [-0.15, -0.1) is 0 Å². The molecule has 0 aromatic heterocycles. The van der Waals surface area contributed by atoms with E-state index in [-0.39, 0.29) is 0 Å². The Bertz CT molecular complexity index is 184. The molecule has 1 unspecified atom stereocenters. The third-order valence-corrected chi connectivity index (χ3v) is 3.62. The van der Waals surface area contributed by atoms with E-state index in [4.69, 9.17) is 14.2 Å². The zero-order chi connectivity index (χ0) is 13.1. The highest BCUT2D eigenvalue weighted by atomic mass is 16.5. The van der Waals surface area contributed by atoms with E-state index < -0.39 is 0 Å². The minimum absolute atomic E-state index is 0.633. The van der Waals surface area contributed by atoms with Crippen molar-refractivity contribution in [2.24, 2.45) is 5.92 Å². The average Bonchev–Trinajstić information content (AvgIpc) is 2.90. The van der Waals surface area contributed by atoms with Crippen LogP contribution in [0.15, 0.2) is 0 Å². The lowest BCUT2D eigenvalue weighted by Gasteiger charge is -2.20. The Morgan fingerprint density at radius 3 is 2.28 bits per heavy atom. The van der Waals surface area contributed by atoms with Crippen LogP contribution in [0.3, 0.4) is 0 Å². The maximum Gasteiger partial charge on any atom is 0.0701 e. The molecule has 1 aliphatic rings. The molecule has 0 saturated heterocycles. The van der Waals surface area contributed by atoms with Crippen LogP contribution >= 0.6 is 0 Å². The molecular formula is C14H29NO3. The largest absolute Gasteiger partial charge is 0.382 e. The number of hydrogen-bond donors (Lipinski definition) is 1. The minimum atomic E-state index is 0.633. The number of nitrogens with one attached hydrogen (secondary N) is 1. The maximum absolute atomic E-state index is 5.50. The Labute approximate surface area is 111 Å². The van der Waals surface area contributed by atoms with Gasteiger partial charge in [-0.1, -0.05) is 12.8 Å². The maximum atomic E-state index is 5.50. The predicted molar refractivity (Wildman–Crippen MR) is 72.9 cm³/mol. The summed E-state index contributed by atoms with van der Waals surface area (Å²) in [6.07, 6.45) is 5.60. The Kier molecular flexibility index (Phi) is 9.48. The fourth-order valence-corrected chi connectivity index (χ4v) is 2.45. The second-order valence-electron chi connectivity index (χ2n) is 5.00. The zero-order valence-electron chi connectivity index (χ0n) is 12.0. The van der Waals surface area contributed by atoms with E-state index in [0.717, 1.165) is 19.1 Å². The Hall–Kier alpha value is -0.160. The first-order valence-corrected chi connectivity index (χ1v) is 7.22. The molecule has 0 bridgehead atoms. The van der Waals surface area contributed by atoms with Crippen molar-refractivity contribution < 1.29 is 14.2 Å². The van der Waals surface area contributed by atoms with Gasteiger partial charge in [0.2, 0.25) is 0 Å². The smallest absolute Gasteiger partial charge is 0.0701 e. The van der Waals surface area contributed by atoms with Crippen molar-refractivity contribution in [1.29, 1.82) is 0 Å². The summed E-state index contributed by atoms with van der Waals surface area (Å²) in [5.41, 5.74) is 0. The van der Waals surface area contributed by atoms with E-state index in [9.17, 15) is 0 Å². The second-order valence-corrected chi connectivity index (χ2v) is 5.00. The molecule has 0 spiro atoms. The Balaban J connectivity index is 1.80. The molecule has 1 N–H and O–H groups in total. The molecule has 0 radical (unpaired) electrons. The molecule has 1 saturated carbocycles. The van der Waals surface area contributed by atoms with Crippen LogP contribution < -0.4 is 5.32 Å². The summed E-state index contributed by atoms with van der Waals surface area (Å²) in [6, 6.07) is 0.633. The van der Waals surface area contributed by atoms with E-state index in [1.807, 2.05) is 0 Å². The lowest BCUT2D eigenvalue weighted by molar-refractivity contribution is 0.0250. The SMILES string of the molecule is COCCOCCOCCNC(C)C1CCCC1. The van der Waals surface area contributed by atoms with E-state index >= 15 is 0 Å². The molecule has 0 amide bonds. The van der Waals surface area contributed by atoms with Crippen molar-refractivity contribution in [3.05, 3.63) is 0 Å². The van der Waals surface area contributed by atoms with Gasteiger partial charge >= 0.3 is 0 Å². The van der Waals surface area contributed by atoms with E-state index in [1.54, 1.807) is 7.11 Å². The van der Waals surface area contributed by atoms with Crippen LogP contribution in [0.2, 0.25) is 0 Å². The summed E-state index contributed by atoms with van der Waals surface area (Å²) < 4.78 is 15.7. The van der Waals surface area contributed by atoms with Gasteiger partial charge in [0.05, 0.1) is 33.0 Å². The fourth-order valence-electron chi connectivity index (χ4n) is 2.45. The van der Waals surface area contributed by atoms with Gasteiger partial charge in [-0.25, -0.2) is 0 Å². The molecule has 4 heteroatoms. The molecular weight excluding hydrogens is 230 g/mol. The molecule has 1 aliphatic carbocycles. The van der Waals surface area contributed by atoms with Gasteiger partial charge < -0.3 is 19.5 Å². The van der Waals surface area contributed by atoms with Gasteiger partial charge in [-0.05, 0) is 25.7 Å². The molecule has 108 valence electrons. The fraction of sp³-hybridized carbons (Fsp3) is 1.00. The van der Waals surface area contributed by atoms with Crippen LogP contribution in [0.5, 0.6) is 0 Å². The van der Waals surface area contributed by atoms with Crippen LogP contribution in [0.1, 0.15) is 32.6 Å². The van der Waals surface area contributed by atoms with E-state index in [1.165, 1.54) is 25.7 Å². The van der Waals surface area contributed by atoms with Crippen LogP contribution in [0.25, 0.3) is 0 Å². The van der Waals surface area contributed by atoms with Gasteiger partial charge in [-0.3, -0.25) is 0 Å². The highest BCUT2D eigenvalue weighted by Crippen LogP contribution is 2.27. The Morgan fingerprint density at radius 1 is 1.00 bits per heavy atom. The van der Waals surface area contributed by atoms with E-state index in [0.29, 0.717) is 32.5 Å². The molecule has 0 aromatic carbocycles. The average molecular weight is 259 g/mol. The highest BCUT2D eigenvalue weighted by molar-refractivity contribution is 4.76. The lowest BCUT2D eigenvalue weighted by atomic mass is 10.00. The summed E-state index contributed by atoms with van der Waals surface area (Å²) in [6.45, 7) is 6.63. The summed E-state index contributed by atoms with van der Waals surface area (Å²) >= 11 is 0. The first-order chi connectivity index (χ1) is 8.84. The summed E-state index contributed by atoms with van der Waals surface area (Å²) in [4.78, 5) is 0. The third-order valence-electron chi connectivity index (χ3n) is 3.62. The number of methoxy groups -OCH3 is 1. The first kappa shape index (κ1) is 15.9. The number of rotatable bonds is 11. The molecule has 1 atom stereocenters. The predicted octanol–water partition coefficient (Wildman–Crippen LogP) is 1.83. The van der Waals surface area contributed by atoms with E-state index in [2.05, 4.69) is 12.2 Å². The number of ether oxygens (including phenoxy) is 3. The molecule has 4 nitrogen and oxygen atoms in total. The topological polar surface area (TPSA) is 39.7 Å². The van der Waals surface area contributed by atoms with Crippen molar-refractivity contribution in [3.63, 3.8) is 0 Å². The minimum Gasteiger partial charge on any atom is -0.382 e. The van der Waals surface area contributed by atoms with Gasteiger partial charge in [0, 0.05) is 19.7 Å². The standard InChI is InChI=1S/C14H29NO3/c1-13(14-5-3-4-6-14)15-7-8-17-11-12-18-10-9-16-2/h13-15H,3-12H2,1-2H3. The summed E-state index contributed by atoms with van der Waals surface area (Å²) in [5.74, 6) is 0.877. The second kappa shape index (κ2) is 10.7. The molecule has 0 heterocycles. The van der Waals surface area contributed by atoms with Crippen LogP contribution in [-0.4, -0.2) is 52.7 Å². The van der Waals surface area contributed by atoms with Crippen molar-refractivity contribution >= 4 is 0 Å². The number of hydrogen-bond acceptors (Lipinski definition) is 4. The van der Waals surface area contributed by atoms with Gasteiger partial charge in [-0.2, -0.15) is 0 Å². The summed E-state index contributed by atoms with van der Waals surface area (Å²) in [7, 11) is 1.68. The Morgan fingerprint density at radius 2 is 1.61 bits per heavy atom. The van der Waals surface area contributed by atoms with Crippen LogP contribution in [0, 0.1) is 5.92 Å². The van der Waals surface area contributed by atoms with Crippen molar-refractivity contribution in [1.82, 2.24) is 5.32 Å². The summed E-state index contributed by atoms with van der Waals surface area (Å²) in [5, 5.41) is 3.55. The molecule has 0 aliphatic heterocycles. The van der Waals surface area contributed by atoms with Gasteiger partial charge in [0.1, 0.15) is 0 Å². The quantitative estimate of drug-likeness (QED) is 0.575. The molecule has 18 heavy (non-hydrogen) atoms. The van der Waals surface area contributed by atoms with Gasteiger partial charge in [0.15, 0.2) is 0 Å². The van der Waals surface area contributed by atoms with Crippen molar-refractivity contribution in [2.75, 3.05) is 46.7 Å². The normalized spacial score (nSPS) is 18.3. The third kappa shape index (κ3) is 7.31. The van der Waals surface area contributed by atoms with Gasteiger partial charge in [0.25, 0.3) is 0 Å². The highest BCUT2D eigenvalue weighted by Gasteiger charge is 2.20. The molecule has 0 aromatic rings. The zero-order valence-corrected chi connectivity index (χ0v) is 12.0. The van der Waals surface area contributed by atoms with Crippen LogP contribution in [-0.2, 0) is 14.2 Å². The molecule has 1 rings (SSSR count). The molecule has 1 fully saturated rings. The van der Waals surface area contributed by atoms with Crippen molar-refractivity contribution in [3.8, 4) is 0 Å². The first-order valence-electron chi connectivity index (χ1n) is 7.22. The van der Waals surface area contributed by atoms with Crippen LogP contribution in [0.4, 0.5) is 0 Å². The van der Waals surface area contributed by atoms with Crippen molar-refractivity contribution in [2.45, 2.75) is 38.6 Å². The lowest BCUT2D eigenvalue weighted by Crippen LogP contribution is -2.34.